The number of rotatable bonds is 1. The van der Waals surface area contributed by atoms with Gasteiger partial charge < -0.3 is 9.84 Å². The summed E-state index contributed by atoms with van der Waals surface area (Å²) in [5.41, 5.74) is 0.0179. The average molecular weight is 185 g/mol. The van der Waals surface area contributed by atoms with Gasteiger partial charge in [0.15, 0.2) is 0 Å². The van der Waals surface area contributed by atoms with Crippen LogP contribution in [0.1, 0.15) is 20.3 Å². The van der Waals surface area contributed by atoms with Crippen LogP contribution in [0.4, 0.5) is 0 Å². The fraction of sp³-hybridized carbons (Fsp3) is 1.00. The van der Waals surface area contributed by atoms with Gasteiger partial charge in [-0.05, 0) is 27.3 Å². The third-order valence-electron chi connectivity index (χ3n) is 3.39. The quantitative estimate of drug-likeness (QED) is 0.645. The molecule has 0 spiro atoms. The largest absolute Gasteiger partial charge is 0.395 e. The van der Waals surface area contributed by atoms with Gasteiger partial charge in [-0.15, -0.1) is 0 Å². The van der Waals surface area contributed by atoms with Crippen LogP contribution in [0.5, 0.6) is 0 Å². The highest BCUT2D eigenvalue weighted by atomic mass is 16.5. The molecular weight excluding hydrogens is 166 g/mol. The van der Waals surface area contributed by atoms with Gasteiger partial charge in [0, 0.05) is 18.5 Å². The van der Waals surface area contributed by atoms with E-state index in [0.717, 1.165) is 13.0 Å². The number of nitrogens with zero attached hydrogens (tertiary/aromatic N) is 1. The van der Waals surface area contributed by atoms with Crippen LogP contribution < -0.4 is 0 Å². The molecule has 2 fully saturated rings. The van der Waals surface area contributed by atoms with E-state index in [1.165, 1.54) is 0 Å². The van der Waals surface area contributed by atoms with E-state index in [1.807, 2.05) is 0 Å². The maximum atomic E-state index is 9.26. The molecule has 3 nitrogen and oxygen atoms in total. The highest BCUT2D eigenvalue weighted by molar-refractivity contribution is 5.00. The smallest absolute Gasteiger partial charge is 0.0754 e. The van der Waals surface area contributed by atoms with Crippen molar-refractivity contribution in [2.75, 3.05) is 20.2 Å². The zero-order valence-electron chi connectivity index (χ0n) is 8.66. The highest BCUT2D eigenvalue weighted by Crippen LogP contribution is 2.41. The Morgan fingerprint density at radius 3 is 2.85 bits per heavy atom. The predicted molar refractivity (Wildman–Crippen MR) is 50.6 cm³/mol. The summed E-state index contributed by atoms with van der Waals surface area (Å²) in [6, 6.07) is 0.312. The first-order chi connectivity index (χ1) is 6.03. The molecule has 0 saturated carbocycles. The van der Waals surface area contributed by atoms with Crippen molar-refractivity contribution in [2.24, 2.45) is 5.92 Å². The van der Waals surface area contributed by atoms with E-state index in [2.05, 4.69) is 25.8 Å². The summed E-state index contributed by atoms with van der Waals surface area (Å²) >= 11 is 0. The van der Waals surface area contributed by atoms with Crippen molar-refractivity contribution < 1.29 is 9.84 Å². The van der Waals surface area contributed by atoms with E-state index in [9.17, 15) is 5.11 Å². The van der Waals surface area contributed by atoms with Crippen LogP contribution in [0.3, 0.4) is 0 Å². The van der Waals surface area contributed by atoms with Gasteiger partial charge in [-0.3, -0.25) is 4.90 Å². The van der Waals surface area contributed by atoms with Crippen LogP contribution in [-0.2, 0) is 4.74 Å². The van der Waals surface area contributed by atoms with Gasteiger partial charge in [-0.25, -0.2) is 0 Å². The minimum absolute atomic E-state index is 0.0179. The van der Waals surface area contributed by atoms with Crippen molar-refractivity contribution in [3.8, 4) is 0 Å². The monoisotopic (exact) mass is 185 g/mol. The maximum absolute atomic E-state index is 9.26. The Kier molecular flexibility index (Phi) is 2.13. The first kappa shape index (κ1) is 9.44. The fourth-order valence-electron chi connectivity index (χ4n) is 2.82. The van der Waals surface area contributed by atoms with Gasteiger partial charge in [0.1, 0.15) is 0 Å². The lowest BCUT2D eigenvalue weighted by atomic mass is 9.91. The standard InChI is InChI=1S/C10H19NO2/c1-10(2)4-7-8(6-12)11(3)5-9(7)13-10/h7-9,12H,4-6H2,1-3H3. The van der Waals surface area contributed by atoms with Gasteiger partial charge in [0.2, 0.25) is 0 Å². The predicted octanol–water partition coefficient (Wildman–Crippen LogP) is 0.476. The summed E-state index contributed by atoms with van der Waals surface area (Å²) in [7, 11) is 2.07. The number of fused-ring (bicyclic) bond motifs is 1. The Bertz CT molecular complexity index is 205. The van der Waals surface area contributed by atoms with E-state index < -0.39 is 0 Å². The molecular formula is C10H19NO2. The highest BCUT2D eigenvalue weighted by Gasteiger charge is 2.49. The molecule has 13 heavy (non-hydrogen) atoms. The number of aliphatic hydroxyl groups is 1. The molecule has 0 aromatic carbocycles. The summed E-state index contributed by atoms with van der Waals surface area (Å²) in [5, 5.41) is 9.26. The summed E-state index contributed by atoms with van der Waals surface area (Å²) in [6.07, 6.45) is 1.42. The van der Waals surface area contributed by atoms with Crippen LogP contribution in [0.15, 0.2) is 0 Å². The zero-order valence-corrected chi connectivity index (χ0v) is 8.66. The third-order valence-corrected chi connectivity index (χ3v) is 3.39. The van der Waals surface area contributed by atoms with Crippen molar-refractivity contribution in [1.29, 1.82) is 0 Å². The van der Waals surface area contributed by atoms with Crippen LogP contribution in [0, 0.1) is 5.92 Å². The van der Waals surface area contributed by atoms with Crippen molar-refractivity contribution in [3.63, 3.8) is 0 Å². The van der Waals surface area contributed by atoms with Crippen molar-refractivity contribution in [3.05, 3.63) is 0 Å². The van der Waals surface area contributed by atoms with Crippen LogP contribution >= 0.6 is 0 Å². The van der Waals surface area contributed by atoms with E-state index >= 15 is 0 Å². The molecule has 2 saturated heterocycles. The molecule has 0 aromatic heterocycles. The molecule has 2 rings (SSSR count). The number of hydrogen-bond acceptors (Lipinski definition) is 3. The van der Waals surface area contributed by atoms with Gasteiger partial charge in [0.05, 0.1) is 18.3 Å². The lowest BCUT2D eigenvalue weighted by Crippen LogP contribution is -2.34. The fourth-order valence-corrected chi connectivity index (χ4v) is 2.82. The van der Waals surface area contributed by atoms with Crippen molar-refractivity contribution in [1.82, 2.24) is 4.90 Å². The average Bonchev–Trinajstić information content (AvgIpc) is 2.39. The van der Waals surface area contributed by atoms with E-state index in [1.54, 1.807) is 0 Å². The molecule has 3 atom stereocenters. The zero-order chi connectivity index (χ0) is 9.64. The molecule has 3 heteroatoms. The van der Waals surface area contributed by atoms with Gasteiger partial charge >= 0.3 is 0 Å². The molecule has 2 heterocycles. The summed E-state index contributed by atoms with van der Waals surface area (Å²) < 4.78 is 5.92. The minimum atomic E-state index is 0.0179. The molecule has 76 valence electrons. The van der Waals surface area contributed by atoms with E-state index in [-0.39, 0.29) is 12.2 Å². The minimum Gasteiger partial charge on any atom is -0.395 e. The second kappa shape index (κ2) is 2.94. The maximum Gasteiger partial charge on any atom is 0.0754 e. The lowest BCUT2D eigenvalue weighted by Gasteiger charge is -2.24. The molecule has 2 aliphatic rings. The Labute approximate surface area is 79.7 Å². The first-order valence-corrected chi connectivity index (χ1v) is 5.02. The second-order valence-electron chi connectivity index (χ2n) is 4.97. The van der Waals surface area contributed by atoms with Gasteiger partial charge in [-0.2, -0.15) is 0 Å². The lowest BCUT2D eigenvalue weighted by molar-refractivity contribution is -0.0182. The third kappa shape index (κ3) is 1.49. The number of likely N-dealkylation sites (N-methyl/N-ethyl adjacent to an activating group) is 1. The molecule has 0 aliphatic carbocycles. The Hall–Kier alpha value is -0.120. The summed E-state index contributed by atoms with van der Waals surface area (Å²) in [5.74, 6) is 0.532. The topological polar surface area (TPSA) is 32.7 Å². The number of likely N-dealkylation sites (tertiary alicyclic amines) is 1. The summed E-state index contributed by atoms with van der Waals surface area (Å²) in [4.78, 5) is 2.21. The Balaban J connectivity index is 2.10. The molecule has 0 aromatic rings. The molecule has 2 aliphatic heterocycles. The number of ether oxygens (including phenoxy) is 1. The molecule has 0 amide bonds. The first-order valence-electron chi connectivity index (χ1n) is 5.02. The molecule has 3 unspecified atom stereocenters. The Morgan fingerprint density at radius 2 is 2.23 bits per heavy atom. The van der Waals surface area contributed by atoms with E-state index in [4.69, 9.17) is 4.74 Å². The second-order valence-corrected chi connectivity index (χ2v) is 4.97. The normalized spacial score (nSPS) is 43.8. The van der Waals surface area contributed by atoms with Crippen molar-refractivity contribution in [2.45, 2.75) is 38.0 Å². The Morgan fingerprint density at radius 1 is 1.54 bits per heavy atom. The van der Waals surface area contributed by atoms with Gasteiger partial charge in [-0.1, -0.05) is 0 Å². The summed E-state index contributed by atoms with van der Waals surface area (Å²) in [6.45, 7) is 5.51. The molecule has 0 bridgehead atoms. The van der Waals surface area contributed by atoms with Crippen LogP contribution in [-0.4, -0.2) is 48.0 Å². The number of aliphatic hydroxyl groups excluding tert-OH is 1. The van der Waals surface area contributed by atoms with Crippen LogP contribution in [0.2, 0.25) is 0 Å². The van der Waals surface area contributed by atoms with Crippen LogP contribution in [0.25, 0.3) is 0 Å². The van der Waals surface area contributed by atoms with E-state index in [0.29, 0.717) is 18.1 Å². The van der Waals surface area contributed by atoms with Crippen molar-refractivity contribution >= 4 is 0 Å². The SMILES string of the molecule is CN1CC2OC(C)(C)CC2C1CO. The molecule has 0 radical (unpaired) electrons. The number of hydrogen-bond donors (Lipinski definition) is 1. The molecule has 1 N–H and O–H groups in total. The van der Waals surface area contributed by atoms with Gasteiger partial charge in [0.25, 0.3) is 0 Å².